The summed E-state index contributed by atoms with van der Waals surface area (Å²) in [7, 11) is -13.4. The molecule has 31 heteroatoms. The Labute approximate surface area is 678 Å². The normalized spacial score (nSPS) is 15.9. The lowest BCUT2D eigenvalue weighted by molar-refractivity contribution is 0.0934. The number of aromatic hydroxyl groups is 4. The number of rotatable bonds is 28. The Morgan fingerprint density at radius 2 is 0.565 bits per heavy atom. The van der Waals surface area contributed by atoms with Crippen molar-refractivity contribution in [3.05, 3.63) is 261 Å². The number of carbonyl (C=O) groups excluding carboxylic acids is 4. The number of piperidine rings is 4. The number of aryl methyl sites for hydroxylation is 4. The SMILES string of the molecule is O=C(NCC1CCN(S(=O)(=O)CCc2ccc(Cl)cc2)CC1)c1ccc(O)cc1.O=C(NCC1CCN(S(=O)(=O)CCc2ccc(F)cc2)CC1)c1ccc(O)cc1.O=C(NCC1CCN(S(=O)(=O)CCc2ccccc2)CC1)c1ccc(O)cc1.O=C(NCC1CCN(S(=O)(=O)CCc2ccccc2F)CC1)c1ccc(O)cc1. The van der Waals surface area contributed by atoms with E-state index in [4.69, 9.17) is 11.6 Å². The van der Waals surface area contributed by atoms with Gasteiger partial charge in [-0.2, -0.15) is 0 Å². The van der Waals surface area contributed by atoms with E-state index in [0.29, 0.717) is 156 Å². The standard InChI is InChI=1S/C21H25ClN2O4S.2C21H25FN2O4S.C21H26N2O4S/c2*22-19-5-1-16(2-6-19)11-14-29(27,28)24-12-9-17(10-13-24)15-23-21(26)18-3-7-20(25)8-4-18;22-20-4-2-1-3-17(20)11-14-29(27,28)24-12-9-16(10-13-24)15-23-21(26)18-5-7-19(25)8-6-18;24-20-8-6-19(7-9-20)21(25)22-16-18-10-13-23(14-11-18)28(26,27)15-12-17-4-2-1-3-5-17/h2*1-8,17,25H,9-15H2,(H,23,26);1-8,16,25H,9-15H2,(H,23,26);1-9,18,24H,10-16H2,(H,22,25). The Kier molecular flexibility index (Phi) is 33.9. The summed E-state index contributed by atoms with van der Waals surface area (Å²) in [5, 5.41) is 49.3. The highest BCUT2D eigenvalue weighted by molar-refractivity contribution is 7.89. The maximum atomic E-state index is 13.7. The third-order valence-electron chi connectivity index (χ3n) is 20.8. The number of phenols is 4. The van der Waals surface area contributed by atoms with Gasteiger partial charge in [0.05, 0.1) is 23.0 Å². The predicted molar refractivity (Wildman–Crippen MR) is 440 cm³/mol. The third kappa shape index (κ3) is 29.4. The van der Waals surface area contributed by atoms with Crippen LogP contribution < -0.4 is 21.3 Å². The zero-order valence-corrected chi connectivity index (χ0v) is 67.9. The first kappa shape index (κ1) is 89.6. The molecule has 8 N–H and O–H groups in total. The summed E-state index contributed by atoms with van der Waals surface area (Å²) < 4.78 is 133. The molecular formula is C84H101ClF2N8O16S4. The maximum absolute atomic E-state index is 13.7. The molecule has 4 amide bonds. The van der Waals surface area contributed by atoms with Gasteiger partial charge in [-0.3, -0.25) is 19.2 Å². The molecule has 8 aromatic rings. The quantitative estimate of drug-likeness (QED) is 0.0226. The fourth-order valence-electron chi connectivity index (χ4n) is 13.5. The molecule has 4 aliphatic rings. The number of hydrogen-bond donors (Lipinski definition) is 8. The number of phenolic OH excluding ortho intramolecular Hbond substituents is 4. The van der Waals surface area contributed by atoms with Gasteiger partial charge in [0.2, 0.25) is 40.1 Å². The van der Waals surface area contributed by atoms with Crippen LogP contribution in [0.1, 0.15) is 115 Å². The molecule has 8 aromatic carbocycles. The number of hydrogen-bond acceptors (Lipinski definition) is 16. The van der Waals surface area contributed by atoms with E-state index in [0.717, 1.165) is 42.4 Å². The second kappa shape index (κ2) is 43.5. The molecule has 0 aliphatic carbocycles. The van der Waals surface area contributed by atoms with E-state index in [-0.39, 0.29) is 111 Å². The molecule has 0 spiro atoms. The van der Waals surface area contributed by atoms with Crippen LogP contribution >= 0.6 is 11.6 Å². The van der Waals surface area contributed by atoms with Crippen molar-refractivity contribution in [1.82, 2.24) is 38.5 Å². The summed E-state index contributed by atoms with van der Waals surface area (Å²) in [5.41, 5.74) is 5.11. The van der Waals surface area contributed by atoms with Crippen molar-refractivity contribution < 1.29 is 82.1 Å². The van der Waals surface area contributed by atoms with Gasteiger partial charge in [-0.1, -0.05) is 84.4 Å². The van der Waals surface area contributed by atoms with Crippen LogP contribution in [-0.4, -0.2) is 196 Å². The lowest BCUT2D eigenvalue weighted by Gasteiger charge is -2.31. The van der Waals surface area contributed by atoms with Crippen molar-refractivity contribution in [2.24, 2.45) is 23.7 Å². The van der Waals surface area contributed by atoms with Crippen LogP contribution in [0.25, 0.3) is 0 Å². The molecule has 0 unspecified atom stereocenters. The molecule has 24 nitrogen and oxygen atoms in total. The molecule has 4 heterocycles. The third-order valence-corrected chi connectivity index (χ3v) is 28.5. The highest BCUT2D eigenvalue weighted by Gasteiger charge is 2.33. The van der Waals surface area contributed by atoms with Gasteiger partial charge in [0.15, 0.2) is 0 Å². The predicted octanol–water partition coefficient (Wildman–Crippen LogP) is 10.6. The van der Waals surface area contributed by atoms with Gasteiger partial charge >= 0.3 is 0 Å². The zero-order chi connectivity index (χ0) is 82.6. The van der Waals surface area contributed by atoms with Crippen LogP contribution in [0.5, 0.6) is 23.0 Å². The largest absolute Gasteiger partial charge is 0.508 e. The van der Waals surface area contributed by atoms with Crippen LogP contribution in [0.3, 0.4) is 0 Å². The fraction of sp³-hybridized carbons (Fsp3) is 0.381. The van der Waals surface area contributed by atoms with Gasteiger partial charge in [0, 0.05) is 106 Å². The number of carbonyl (C=O) groups is 4. The summed E-state index contributed by atoms with van der Waals surface area (Å²) in [5.74, 6) is -0.0441. The molecule has 0 atom stereocenters. The van der Waals surface area contributed by atoms with Gasteiger partial charge in [-0.25, -0.2) is 59.7 Å². The lowest BCUT2D eigenvalue weighted by Crippen LogP contribution is -2.42. The van der Waals surface area contributed by atoms with Gasteiger partial charge in [0.1, 0.15) is 34.6 Å². The molecular weight excluding hydrogens is 1580 g/mol. The number of nitrogens with one attached hydrogen (secondary N) is 4. The first-order valence-electron chi connectivity index (χ1n) is 38.4. The topological polar surface area (TPSA) is 347 Å². The van der Waals surface area contributed by atoms with E-state index >= 15 is 0 Å². The van der Waals surface area contributed by atoms with E-state index in [2.05, 4.69) is 21.3 Å². The lowest BCUT2D eigenvalue weighted by atomic mass is 9.98. The van der Waals surface area contributed by atoms with Crippen LogP contribution in [-0.2, 0) is 65.8 Å². The number of amides is 4. The molecule has 4 fully saturated rings. The summed E-state index contributed by atoms with van der Waals surface area (Å²) >= 11 is 5.86. The molecule has 0 radical (unpaired) electrons. The van der Waals surface area contributed by atoms with Crippen molar-refractivity contribution in [1.29, 1.82) is 0 Å². The molecule has 0 bridgehead atoms. The molecule has 115 heavy (non-hydrogen) atoms. The monoisotopic (exact) mass is 1680 g/mol. The van der Waals surface area contributed by atoms with Crippen molar-refractivity contribution in [3.8, 4) is 23.0 Å². The highest BCUT2D eigenvalue weighted by atomic mass is 35.5. The second-order valence-electron chi connectivity index (χ2n) is 29.0. The number of halogens is 3. The summed E-state index contributed by atoms with van der Waals surface area (Å²) in [6.07, 6.45) is 7.09. The second-order valence-corrected chi connectivity index (χ2v) is 37.8. The van der Waals surface area contributed by atoms with E-state index in [1.165, 1.54) is 75.3 Å². The fourth-order valence-corrected chi connectivity index (χ4v) is 19.7. The van der Waals surface area contributed by atoms with Crippen molar-refractivity contribution >= 4 is 75.3 Å². The van der Waals surface area contributed by atoms with E-state index in [1.54, 1.807) is 99.6 Å². The Morgan fingerprint density at radius 3 is 0.843 bits per heavy atom. The number of benzene rings is 8. The average molecular weight is 1680 g/mol. The summed E-state index contributed by atoms with van der Waals surface area (Å²) in [4.78, 5) is 48.6. The van der Waals surface area contributed by atoms with Gasteiger partial charge in [-0.15, -0.1) is 0 Å². The minimum atomic E-state index is -3.44. The maximum Gasteiger partial charge on any atom is 0.251 e. The summed E-state index contributed by atoms with van der Waals surface area (Å²) in [6.45, 7) is 5.62. The Hall–Kier alpha value is -9.37. The van der Waals surface area contributed by atoms with Crippen LogP contribution in [0, 0.1) is 35.3 Å². The zero-order valence-electron chi connectivity index (χ0n) is 63.9. The van der Waals surface area contributed by atoms with Gasteiger partial charge in [0.25, 0.3) is 23.6 Å². The first-order valence-corrected chi connectivity index (χ1v) is 45.2. The van der Waals surface area contributed by atoms with Crippen molar-refractivity contribution in [2.75, 3.05) is 102 Å². The minimum Gasteiger partial charge on any atom is -0.508 e. The Balaban J connectivity index is 0.000000175. The molecule has 618 valence electrons. The molecule has 0 aromatic heterocycles. The van der Waals surface area contributed by atoms with E-state index < -0.39 is 40.1 Å². The smallest absolute Gasteiger partial charge is 0.251 e. The van der Waals surface area contributed by atoms with Crippen molar-refractivity contribution in [3.63, 3.8) is 0 Å². The Bertz CT molecular complexity index is 4750. The van der Waals surface area contributed by atoms with Gasteiger partial charge < -0.3 is 41.7 Å². The first-order chi connectivity index (χ1) is 54.9. The summed E-state index contributed by atoms with van der Waals surface area (Å²) in [6, 6.07) is 53.2. The van der Waals surface area contributed by atoms with Crippen LogP contribution in [0.15, 0.2) is 200 Å². The van der Waals surface area contributed by atoms with Crippen molar-refractivity contribution in [2.45, 2.75) is 77.0 Å². The minimum absolute atomic E-state index is 0.000880. The Morgan fingerprint density at radius 1 is 0.322 bits per heavy atom. The van der Waals surface area contributed by atoms with Gasteiger partial charge in [-0.05, 0) is 250 Å². The molecule has 4 aliphatic heterocycles. The molecule has 4 saturated heterocycles. The van der Waals surface area contributed by atoms with E-state index in [9.17, 15) is 82.1 Å². The number of sulfonamides is 4. The van der Waals surface area contributed by atoms with E-state index in [1.807, 2.05) is 42.5 Å². The number of nitrogens with zero attached hydrogens (tertiary/aromatic N) is 4. The molecule has 0 saturated carbocycles. The van der Waals surface area contributed by atoms with Crippen LogP contribution in [0.2, 0.25) is 5.02 Å². The highest BCUT2D eigenvalue weighted by Crippen LogP contribution is 2.26. The van der Waals surface area contributed by atoms with Crippen LogP contribution in [0.4, 0.5) is 8.78 Å². The average Bonchev–Trinajstić information content (AvgIpc) is 0.843. The molecule has 12 rings (SSSR count).